The lowest BCUT2D eigenvalue weighted by molar-refractivity contribution is -0.0360. The Morgan fingerprint density at radius 1 is 1.07 bits per heavy atom. The van der Waals surface area contributed by atoms with Crippen LogP contribution in [-0.2, 0) is 14.9 Å². The van der Waals surface area contributed by atoms with E-state index in [9.17, 15) is 8.42 Å². The van der Waals surface area contributed by atoms with Crippen molar-refractivity contribution in [3.05, 3.63) is 0 Å². The van der Waals surface area contributed by atoms with Crippen molar-refractivity contribution >= 4 is 10.0 Å². The highest BCUT2D eigenvalue weighted by Gasteiger charge is 2.23. The van der Waals surface area contributed by atoms with E-state index >= 15 is 0 Å². The second-order valence-electron chi connectivity index (χ2n) is 5.62. The van der Waals surface area contributed by atoms with Crippen LogP contribution in [-0.4, -0.2) is 19.8 Å². The molecule has 0 fully saturated rings. The summed E-state index contributed by atoms with van der Waals surface area (Å²) in [5.74, 6) is 0.0517. The van der Waals surface area contributed by atoms with Crippen LogP contribution in [0.5, 0.6) is 0 Å². The van der Waals surface area contributed by atoms with Gasteiger partial charge in [-0.2, -0.15) is 0 Å². The monoisotopic (exact) mass is 223 g/mol. The van der Waals surface area contributed by atoms with Gasteiger partial charge in [0.25, 0.3) is 0 Å². The summed E-state index contributed by atoms with van der Waals surface area (Å²) in [7, 11) is -3.34. The van der Waals surface area contributed by atoms with E-state index < -0.39 is 15.6 Å². The Bertz CT molecular complexity index is 269. The van der Waals surface area contributed by atoms with Gasteiger partial charge in [-0.05, 0) is 26.2 Å². The van der Waals surface area contributed by atoms with Gasteiger partial charge in [0, 0.05) is 0 Å². The molecule has 14 heavy (non-hydrogen) atoms. The Morgan fingerprint density at radius 2 is 1.50 bits per heavy atom. The molecule has 0 saturated heterocycles. The summed E-state index contributed by atoms with van der Waals surface area (Å²) in [5.41, 5.74) is -0.780. The Balaban J connectivity index is 4.25. The Hall–Kier alpha value is -0.130. The number of sulfonamides is 1. The topological polar surface area (TPSA) is 55.4 Å². The summed E-state index contributed by atoms with van der Waals surface area (Å²) in [6, 6.07) is 0. The Labute approximate surface area is 87.0 Å². The number of rotatable bonds is 3. The molecule has 0 unspecified atom stereocenters. The lowest BCUT2D eigenvalue weighted by atomic mass is 10.0. The van der Waals surface area contributed by atoms with Crippen molar-refractivity contribution in [2.24, 2.45) is 5.41 Å². The van der Waals surface area contributed by atoms with Gasteiger partial charge in [0.15, 0.2) is 0 Å². The van der Waals surface area contributed by atoms with Crippen molar-refractivity contribution in [2.45, 2.75) is 47.1 Å². The van der Waals surface area contributed by atoms with Crippen molar-refractivity contribution in [1.82, 2.24) is 4.89 Å². The van der Waals surface area contributed by atoms with Crippen LogP contribution in [0.25, 0.3) is 0 Å². The van der Waals surface area contributed by atoms with E-state index in [0.717, 1.165) is 0 Å². The molecule has 0 rings (SSSR count). The first kappa shape index (κ1) is 13.9. The number of hydrogen-bond donors (Lipinski definition) is 1. The lowest BCUT2D eigenvalue weighted by Crippen LogP contribution is -2.37. The zero-order valence-electron chi connectivity index (χ0n) is 9.84. The molecule has 0 aromatic heterocycles. The molecule has 0 bridgehead atoms. The summed E-state index contributed by atoms with van der Waals surface area (Å²) in [6.07, 6.45) is 0. The normalized spacial score (nSPS) is 14.4. The van der Waals surface area contributed by atoms with Gasteiger partial charge in [0.1, 0.15) is 0 Å². The minimum Gasteiger partial charge on any atom is -0.281 e. The molecule has 0 aromatic carbocycles. The quantitative estimate of drug-likeness (QED) is 0.741. The van der Waals surface area contributed by atoms with E-state index in [2.05, 4.69) is 4.89 Å². The van der Waals surface area contributed by atoms with Gasteiger partial charge in [-0.25, -0.2) is 8.42 Å². The van der Waals surface area contributed by atoms with E-state index in [1.807, 2.05) is 20.8 Å². The molecule has 0 radical (unpaired) electrons. The zero-order valence-corrected chi connectivity index (χ0v) is 10.7. The lowest BCUT2D eigenvalue weighted by Gasteiger charge is -2.22. The smallest absolute Gasteiger partial charge is 0.234 e. The number of hydrogen-bond acceptors (Lipinski definition) is 3. The van der Waals surface area contributed by atoms with Crippen molar-refractivity contribution in [3.63, 3.8) is 0 Å². The van der Waals surface area contributed by atoms with Crippen molar-refractivity contribution in [3.8, 4) is 0 Å². The molecule has 5 heteroatoms. The van der Waals surface area contributed by atoms with Crippen LogP contribution in [0.1, 0.15) is 41.5 Å². The molecular weight excluding hydrogens is 202 g/mol. The van der Waals surface area contributed by atoms with Crippen LogP contribution in [0.3, 0.4) is 0 Å². The van der Waals surface area contributed by atoms with E-state index in [0.29, 0.717) is 0 Å². The predicted octanol–water partition coefficient (Wildman–Crippen LogP) is 1.68. The molecule has 0 spiro atoms. The first-order chi connectivity index (χ1) is 5.91. The third-order valence-corrected chi connectivity index (χ3v) is 2.68. The molecule has 0 amide bonds. The Morgan fingerprint density at radius 3 is 1.79 bits per heavy atom. The fourth-order valence-electron chi connectivity index (χ4n) is 0.788. The van der Waals surface area contributed by atoms with E-state index in [4.69, 9.17) is 4.84 Å². The van der Waals surface area contributed by atoms with Gasteiger partial charge < -0.3 is 0 Å². The van der Waals surface area contributed by atoms with Crippen LogP contribution in [0.4, 0.5) is 0 Å². The van der Waals surface area contributed by atoms with Crippen LogP contribution >= 0.6 is 0 Å². The van der Waals surface area contributed by atoms with Gasteiger partial charge in [-0.15, -0.1) is 0 Å². The summed E-state index contributed by atoms with van der Waals surface area (Å²) in [6.45, 7) is 10.9. The van der Waals surface area contributed by atoms with E-state index in [1.54, 1.807) is 20.8 Å². The highest BCUT2D eigenvalue weighted by Crippen LogP contribution is 2.16. The van der Waals surface area contributed by atoms with Gasteiger partial charge in [0.2, 0.25) is 10.0 Å². The minimum absolute atomic E-state index is 0.0517. The number of nitrogens with one attached hydrogen (secondary N) is 1. The summed E-state index contributed by atoms with van der Waals surface area (Å²) in [5, 5.41) is 0. The third kappa shape index (κ3) is 8.47. The van der Waals surface area contributed by atoms with Crippen LogP contribution in [0.15, 0.2) is 0 Å². The Kier molecular flexibility index (Phi) is 4.12. The molecule has 0 atom stereocenters. The van der Waals surface area contributed by atoms with Gasteiger partial charge in [-0.1, -0.05) is 25.7 Å². The zero-order chi connectivity index (χ0) is 11.6. The molecule has 0 aliphatic rings. The first-order valence-electron chi connectivity index (χ1n) is 4.59. The largest absolute Gasteiger partial charge is 0.281 e. The first-order valence-corrected chi connectivity index (χ1v) is 6.24. The fraction of sp³-hybridized carbons (Fsp3) is 1.00. The van der Waals surface area contributed by atoms with Crippen molar-refractivity contribution in [2.75, 3.05) is 5.75 Å². The fourth-order valence-corrected chi connectivity index (χ4v) is 2.36. The maximum atomic E-state index is 11.5. The molecular formula is C9H21NO3S. The highest BCUT2D eigenvalue weighted by molar-refractivity contribution is 7.89. The SMILES string of the molecule is CC(C)(C)CS(=O)(=O)NOC(C)(C)C. The van der Waals surface area contributed by atoms with Crippen LogP contribution in [0.2, 0.25) is 0 Å². The van der Waals surface area contributed by atoms with Gasteiger partial charge >= 0.3 is 0 Å². The molecule has 0 saturated carbocycles. The second kappa shape index (κ2) is 4.16. The average Bonchev–Trinajstić information content (AvgIpc) is 1.76. The van der Waals surface area contributed by atoms with E-state index in [1.165, 1.54) is 0 Å². The maximum absolute atomic E-state index is 11.5. The molecule has 4 nitrogen and oxygen atoms in total. The molecule has 1 N–H and O–H groups in total. The van der Waals surface area contributed by atoms with Crippen LogP contribution < -0.4 is 4.89 Å². The van der Waals surface area contributed by atoms with Gasteiger partial charge in [-0.3, -0.25) is 4.84 Å². The van der Waals surface area contributed by atoms with E-state index in [-0.39, 0.29) is 11.2 Å². The second-order valence-corrected chi connectivity index (χ2v) is 7.30. The molecule has 0 aromatic rings. The van der Waals surface area contributed by atoms with Gasteiger partial charge in [0.05, 0.1) is 11.4 Å². The van der Waals surface area contributed by atoms with Crippen molar-refractivity contribution < 1.29 is 13.3 Å². The highest BCUT2D eigenvalue weighted by atomic mass is 32.2. The average molecular weight is 223 g/mol. The predicted molar refractivity (Wildman–Crippen MR) is 57.2 cm³/mol. The third-order valence-electron chi connectivity index (χ3n) is 1.10. The van der Waals surface area contributed by atoms with Crippen molar-refractivity contribution in [1.29, 1.82) is 0 Å². The molecule has 0 heterocycles. The standard InChI is InChI=1S/C9H21NO3S/c1-8(2,3)7-14(11,12)10-13-9(4,5)6/h10H,7H2,1-6H3. The van der Waals surface area contributed by atoms with Crippen LogP contribution in [0, 0.1) is 5.41 Å². The molecule has 86 valence electrons. The summed E-state index contributed by atoms with van der Waals surface area (Å²) in [4.78, 5) is 7.13. The summed E-state index contributed by atoms with van der Waals surface area (Å²) >= 11 is 0. The molecule has 0 aliphatic carbocycles. The minimum atomic E-state index is -3.34. The molecule has 0 aliphatic heterocycles. The maximum Gasteiger partial charge on any atom is 0.234 e. The summed E-state index contributed by atoms with van der Waals surface area (Å²) < 4.78 is 22.9.